The number of benzene rings is 1. The Bertz CT molecular complexity index is 843. The van der Waals surface area contributed by atoms with E-state index in [9.17, 15) is 4.79 Å². The van der Waals surface area contributed by atoms with Gasteiger partial charge in [0.2, 0.25) is 5.70 Å². The van der Waals surface area contributed by atoms with Crippen molar-refractivity contribution in [2.24, 2.45) is 0 Å². The normalized spacial score (nSPS) is 15.4. The maximum atomic E-state index is 12.4. The minimum absolute atomic E-state index is 0.0326. The van der Waals surface area contributed by atoms with E-state index in [4.69, 9.17) is 11.3 Å². The number of amides is 1. The summed E-state index contributed by atoms with van der Waals surface area (Å²) in [5.74, 6) is 0.813. The molecule has 0 N–H and O–H groups in total. The molecule has 30 heavy (non-hydrogen) atoms. The third-order valence-corrected chi connectivity index (χ3v) is 6.85. The number of carbonyl (C=O) groups is 1. The second-order valence-electron chi connectivity index (χ2n) is 9.67. The molecule has 0 saturated heterocycles. The summed E-state index contributed by atoms with van der Waals surface area (Å²) in [5, 5.41) is 0. The van der Waals surface area contributed by atoms with Gasteiger partial charge in [0, 0.05) is 18.7 Å². The Morgan fingerprint density at radius 1 is 1.13 bits per heavy atom. The van der Waals surface area contributed by atoms with E-state index >= 15 is 0 Å². The topological polar surface area (TPSA) is 33.9 Å². The molecule has 1 aliphatic rings. The van der Waals surface area contributed by atoms with E-state index in [0.717, 1.165) is 37.0 Å². The van der Waals surface area contributed by atoms with Crippen LogP contribution in [0.15, 0.2) is 29.5 Å². The Labute approximate surface area is 183 Å². The second kappa shape index (κ2) is 9.69. The fraction of sp³-hybridized carbons (Fsp3) is 0.615. The summed E-state index contributed by atoms with van der Waals surface area (Å²) >= 11 is 0. The highest BCUT2D eigenvalue weighted by Gasteiger charge is 2.27. The molecule has 0 saturated carbocycles. The summed E-state index contributed by atoms with van der Waals surface area (Å²) in [6.45, 7) is 24.6. The van der Waals surface area contributed by atoms with Crippen LogP contribution in [0, 0.1) is 6.57 Å². The van der Waals surface area contributed by atoms with Crippen LogP contribution in [0.5, 0.6) is 5.75 Å². The molecular weight excluding hydrogens is 372 g/mol. The highest BCUT2D eigenvalue weighted by Crippen LogP contribution is 2.38. The quantitative estimate of drug-likeness (QED) is 0.356. The Morgan fingerprint density at radius 2 is 1.80 bits per heavy atom. The molecule has 0 radical (unpaired) electrons. The van der Waals surface area contributed by atoms with Crippen LogP contribution in [0.3, 0.4) is 0 Å². The molecule has 1 heterocycles. The largest absolute Gasteiger partial charge is 0.493 e. The molecule has 1 amide bonds. The first-order valence-electron chi connectivity index (χ1n) is 11.2. The van der Waals surface area contributed by atoms with Gasteiger partial charge in [0.25, 0.3) is 5.91 Å². The summed E-state index contributed by atoms with van der Waals surface area (Å²) in [4.78, 5) is 17.6. The van der Waals surface area contributed by atoms with Crippen molar-refractivity contribution >= 4 is 5.91 Å². The first kappa shape index (κ1) is 24.0. The molecule has 0 aliphatic carbocycles. The third-order valence-electron chi connectivity index (χ3n) is 6.85. The number of hydrogen-bond donors (Lipinski definition) is 0. The smallest absolute Gasteiger partial charge is 0.252 e. The molecule has 0 fully saturated rings. The Morgan fingerprint density at radius 3 is 2.40 bits per heavy atom. The lowest BCUT2D eigenvalue weighted by molar-refractivity contribution is -0.127. The molecule has 164 valence electrons. The van der Waals surface area contributed by atoms with Crippen molar-refractivity contribution in [2.75, 3.05) is 19.7 Å². The fourth-order valence-electron chi connectivity index (χ4n) is 3.65. The number of hydrogen-bond acceptors (Lipinski definition) is 2. The summed E-state index contributed by atoms with van der Waals surface area (Å²) in [7, 11) is 0. The van der Waals surface area contributed by atoms with Gasteiger partial charge >= 0.3 is 0 Å². The average Bonchev–Trinajstić information content (AvgIpc) is 2.72. The number of nitrogens with zero attached hydrogens (tertiary/aromatic N) is 2. The molecule has 1 aliphatic heterocycles. The molecule has 1 aromatic rings. The van der Waals surface area contributed by atoms with E-state index in [1.807, 2.05) is 6.92 Å². The molecule has 0 spiro atoms. The molecule has 1 aromatic carbocycles. The van der Waals surface area contributed by atoms with Gasteiger partial charge in [-0.15, -0.1) is 0 Å². The first-order valence-corrected chi connectivity index (χ1v) is 11.2. The van der Waals surface area contributed by atoms with Gasteiger partial charge in [0.15, 0.2) is 0 Å². The summed E-state index contributed by atoms with van der Waals surface area (Å²) in [6, 6.07) is 6.64. The maximum absolute atomic E-state index is 12.4. The summed E-state index contributed by atoms with van der Waals surface area (Å²) in [5.41, 5.74) is 3.98. The Hall–Kier alpha value is -2.28. The maximum Gasteiger partial charge on any atom is 0.252 e. The number of ether oxygens (including phenoxy) is 1. The van der Waals surface area contributed by atoms with E-state index in [1.54, 1.807) is 4.90 Å². The first-order chi connectivity index (χ1) is 14.1. The lowest BCUT2D eigenvalue weighted by Crippen LogP contribution is -2.37. The minimum Gasteiger partial charge on any atom is -0.493 e. The molecule has 4 heteroatoms. The van der Waals surface area contributed by atoms with E-state index in [1.165, 1.54) is 11.1 Å². The molecule has 4 nitrogen and oxygen atoms in total. The van der Waals surface area contributed by atoms with Crippen molar-refractivity contribution < 1.29 is 9.53 Å². The van der Waals surface area contributed by atoms with Crippen LogP contribution < -0.4 is 4.74 Å². The standard InChI is InChI=1S/C26H38N2O2/c1-9-25(4,5)20-12-13-22(21(18-20)26(6,7)10-2)30-17-11-15-28-16-14-19(3)23(27-8)24(28)29/h12-13,18H,9-11,14-17H2,1-7H3. The van der Waals surface area contributed by atoms with E-state index < -0.39 is 0 Å². The highest BCUT2D eigenvalue weighted by molar-refractivity contribution is 5.96. The average molecular weight is 411 g/mol. The molecular formula is C26H38N2O2. The minimum atomic E-state index is -0.132. The SMILES string of the molecule is [C-]#[N+]C1=C(C)CCN(CCCOc2ccc(C(C)(C)CC)cc2C(C)(C)CC)C1=O. The lowest BCUT2D eigenvalue weighted by atomic mass is 9.76. The van der Waals surface area contributed by atoms with Gasteiger partial charge in [-0.1, -0.05) is 66.2 Å². The Kier molecular flexibility index (Phi) is 7.75. The predicted molar refractivity (Wildman–Crippen MR) is 124 cm³/mol. The van der Waals surface area contributed by atoms with Crippen molar-refractivity contribution in [3.05, 3.63) is 52.0 Å². The lowest BCUT2D eigenvalue weighted by Gasteiger charge is -2.31. The molecule has 2 rings (SSSR count). The zero-order valence-corrected chi connectivity index (χ0v) is 19.9. The van der Waals surface area contributed by atoms with Gasteiger partial charge in [0.05, 0.1) is 13.2 Å². The fourth-order valence-corrected chi connectivity index (χ4v) is 3.65. The highest BCUT2D eigenvalue weighted by atomic mass is 16.5. The van der Waals surface area contributed by atoms with Crippen LogP contribution in [0.25, 0.3) is 4.85 Å². The molecule has 0 unspecified atom stereocenters. The third kappa shape index (κ3) is 5.25. The van der Waals surface area contributed by atoms with Gasteiger partial charge in [-0.3, -0.25) is 4.79 Å². The number of carbonyl (C=O) groups excluding carboxylic acids is 1. The summed E-state index contributed by atoms with van der Waals surface area (Å²) in [6.07, 6.45) is 3.66. The van der Waals surface area contributed by atoms with Gasteiger partial charge in [-0.25, -0.2) is 4.85 Å². The van der Waals surface area contributed by atoms with Crippen LogP contribution in [-0.4, -0.2) is 30.5 Å². The van der Waals surface area contributed by atoms with Crippen LogP contribution >= 0.6 is 0 Å². The Balaban J connectivity index is 2.08. The van der Waals surface area contributed by atoms with Gasteiger partial charge < -0.3 is 9.64 Å². The van der Waals surface area contributed by atoms with Gasteiger partial charge in [-0.2, -0.15) is 0 Å². The van der Waals surface area contributed by atoms with Crippen LogP contribution in [-0.2, 0) is 15.6 Å². The zero-order valence-electron chi connectivity index (χ0n) is 19.9. The molecule has 0 aromatic heterocycles. The zero-order chi connectivity index (χ0) is 22.5. The van der Waals surface area contributed by atoms with Crippen molar-refractivity contribution in [2.45, 2.75) is 85.0 Å². The molecule has 0 bridgehead atoms. The van der Waals surface area contributed by atoms with Crippen molar-refractivity contribution in [1.29, 1.82) is 0 Å². The van der Waals surface area contributed by atoms with Crippen LogP contribution in [0.1, 0.15) is 85.3 Å². The van der Waals surface area contributed by atoms with Crippen LogP contribution in [0.2, 0.25) is 0 Å². The predicted octanol–water partition coefficient (Wildman–Crippen LogP) is 6.26. The van der Waals surface area contributed by atoms with Crippen molar-refractivity contribution in [3.63, 3.8) is 0 Å². The molecule has 0 atom stereocenters. The van der Waals surface area contributed by atoms with E-state index in [2.05, 4.69) is 64.6 Å². The second-order valence-corrected chi connectivity index (χ2v) is 9.67. The van der Waals surface area contributed by atoms with Crippen LogP contribution in [0.4, 0.5) is 0 Å². The monoisotopic (exact) mass is 410 g/mol. The van der Waals surface area contributed by atoms with Gasteiger partial charge in [-0.05, 0) is 48.1 Å². The van der Waals surface area contributed by atoms with E-state index in [-0.39, 0.29) is 16.7 Å². The van der Waals surface area contributed by atoms with E-state index in [0.29, 0.717) is 25.4 Å². The summed E-state index contributed by atoms with van der Waals surface area (Å²) < 4.78 is 6.22. The van der Waals surface area contributed by atoms with Crippen molar-refractivity contribution in [3.8, 4) is 5.75 Å². The van der Waals surface area contributed by atoms with Crippen molar-refractivity contribution in [1.82, 2.24) is 4.90 Å². The number of rotatable bonds is 9. The van der Waals surface area contributed by atoms with Gasteiger partial charge in [0.1, 0.15) is 5.75 Å².